The van der Waals surface area contributed by atoms with Gasteiger partial charge in [0.05, 0.1) is 24.0 Å². The second kappa shape index (κ2) is 13.6. The molecule has 14 heteroatoms. The summed E-state index contributed by atoms with van der Waals surface area (Å²) >= 11 is 5.67. The summed E-state index contributed by atoms with van der Waals surface area (Å²) < 4.78 is 52.8. The van der Waals surface area contributed by atoms with Crippen LogP contribution in [0.2, 0.25) is 0 Å². The molecule has 0 bridgehead atoms. The maximum absolute atomic E-state index is 13.7. The lowest BCUT2D eigenvalue weighted by molar-refractivity contribution is -0.158. The summed E-state index contributed by atoms with van der Waals surface area (Å²) in [5.41, 5.74) is -2.73. The SMILES string of the molecule is CCc1cc(N2C(=S)N(c3cnc(C#N)c(C(F)(F)F)c3)C(=O)C2(C)C)ccc1OCCN1CCN(CC(=O)OC(C)(C)C)C(C)(C)C1. The van der Waals surface area contributed by atoms with Crippen LogP contribution >= 0.6 is 12.2 Å². The third kappa shape index (κ3) is 7.90. The Hall–Kier alpha value is -3.80. The van der Waals surface area contributed by atoms with E-state index in [4.69, 9.17) is 27.0 Å². The molecule has 4 rings (SSSR count). The van der Waals surface area contributed by atoms with Gasteiger partial charge in [-0.2, -0.15) is 18.4 Å². The summed E-state index contributed by atoms with van der Waals surface area (Å²) in [4.78, 5) is 36.8. The molecule has 0 saturated carbocycles. The van der Waals surface area contributed by atoms with Crippen molar-refractivity contribution < 1.29 is 32.2 Å². The van der Waals surface area contributed by atoms with Gasteiger partial charge < -0.3 is 14.4 Å². The molecule has 0 spiro atoms. The minimum Gasteiger partial charge on any atom is -0.492 e. The maximum atomic E-state index is 13.7. The van der Waals surface area contributed by atoms with E-state index in [9.17, 15) is 22.8 Å². The van der Waals surface area contributed by atoms with Gasteiger partial charge >= 0.3 is 12.1 Å². The van der Waals surface area contributed by atoms with E-state index in [-0.39, 0.29) is 28.9 Å². The van der Waals surface area contributed by atoms with E-state index in [2.05, 4.69) is 28.6 Å². The lowest BCUT2D eigenvalue weighted by atomic mass is 9.99. The molecule has 0 unspecified atom stereocenters. The van der Waals surface area contributed by atoms with Crippen molar-refractivity contribution >= 4 is 40.6 Å². The number of aryl methyl sites for hydroxylation is 1. The topological polar surface area (TPSA) is 102 Å². The molecule has 2 saturated heterocycles. The van der Waals surface area contributed by atoms with E-state index in [0.29, 0.717) is 31.0 Å². The van der Waals surface area contributed by atoms with Crippen LogP contribution in [-0.2, 0) is 26.9 Å². The number of carbonyl (C=O) groups excluding carboxylic acids is 2. The molecule has 2 fully saturated rings. The van der Waals surface area contributed by atoms with E-state index >= 15 is 0 Å². The second-order valence-electron chi connectivity index (χ2n) is 14.1. The standard InChI is InChI=1S/C34H43F3N6O4S/c1-9-22-16-23(43-30(48)42(29(45)33(43,7)8)24-17-25(34(35,36)37)26(18-38)39-19-24)10-11-27(22)46-15-14-40-12-13-41(32(5,6)21-40)20-28(44)47-31(2,3)4/h10-11,16-17,19H,9,12-15,20-21H2,1-8H3. The van der Waals surface area contributed by atoms with Crippen molar-refractivity contribution in [3.05, 3.63) is 47.3 Å². The van der Waals surface area contributed by atoms with Gasteiger partial charge in [-0.1, -0.05) is 6.92 Å². The summed E-state index contributed by atoms with van der Waals surface area (Å²) in [6, 6.07) is 7.64. The first-order valence-corrected chi connectivity index (χ1v) is 16.2. The zero-order valence-electron chi connectivity index (χ0n) is 28.7. The maximum Gasteiger partial charge on any atom is 0.419 e. The average molecular weight is 689 g/mol. The fourth-order valence-electron chi connectivity index (χ4n) is 6.05. The van der Waals surface area contributed by atoms with Crippen LogP contribution in [0, 0.1) is 11.3 Å². The van der Waals surface area contributed by atoms with Gasteiger partial charge in [0.1, 0.15) is 29.6 Å². The molecule has 1 aromatic heterocycles. The van der Waals surface area contributed by atoms with Crippen molar-refractivity contribution in [1.29, 1.82) is 5.26 Å². The van der Waals surface area contributed by atoms with Crippen molar-refractivity contribution in [3.8, 4) is 11.8 Å². The minimum absolute atomic E-state index is 0.00576. The number of nitriles is 1. The molecule has 0 N–H and O–H groups in total. The average Bonchev–Trinajstić information content (AvgIpc) is 3.15. The van der Waals surface area contributed by atoms with Gasteiger partial charge in [0.2, 0.25) is 0 Å². The number of nitrogens with zero attached hydrogens (tertiary/aromatic N) is 6. The van der Waals surface area contributed by atoms with Crippen molar-refractivity contribution in [2.45, 2.75) is 84.7 Å². The quantitative estimate of drug-likeness (QED) is 0.246. The number of hydrogen-bond acceptors (Lipinski definition) is 9. The van der Waals surface area contributed by atoms with Crippen molar-refractivity contribution in [1.82, 2.24) is 14.8 Å². The smallest absolute Gasteiger partial charge is 0.419 e. The number of amides is 1. The number of benzene rings is 1. The van der Waals surface area contributed by atoms with Crippen LogP contribution in [0.25, 0.3) is 0 Å². The number of hydrogen-bond donors (Lipinski definition) is 0. The van der Waals surface area contributed by atoms with Crippen LogP contribution in [0.3, 0.4) is 0 Å². The minimum atomic E-state index is -4.84. The Kier molecular flexibility index (Phi) is 10.5. The first-order valence-electron chi connectivity index (χ1n) is 15.8. The highest BCUT2D eigenvalue weighted by molar-refractivity contribution is 7.81. The number of pyridine rings is 1. The predicted octanol–water partition coefficient (Wildman–Crippen LogP) is 5.57. The molecule has 10 nitrogen and oxygen atoms in total. The van der Waals surface area contributed by atoms with Crippen LogP contribution in [0.4, 0.5) is 24.5 Å². The van der Waals surface area contributed by atoms with Crippen molar-refractivity contribution in [2.24, 2.45) is 0 Å². The number of rotatable bonds is 9. The number of esters is 1. The first-order chi connectivity index (χ1) is 22.2. The van der Waals surface area contributed by atoms with Gasteiger partial charge in [-0.3, -0.25) is 24.3 Å². The predicted molar refractivity (Wildman–Crippen MR) is 180 cm³/mol. The van der Waals surface area contributed by atoms with Crippen LogP contribution in [0.15, 0.2) is 30.5 Å². The fourth-order valence-corrected chi connectivity index (χ4v) is 6.57. The molecule has 1 amide bonds. The second-order valence-corrected chi connectivity index (χ2v) is 14.5. The van der Waals surface area contributed by atoms with Crippen molar-refractivity contribution in [3.63, 3.8) is 0 Å². The van der Waals surface area contributed by atoms with E-state index in [1.807, 2.05) is 39.8 Å². The number of piperazine rings is 1. The Morgan fingerprint density at radius 1 is 1.10 bits per heavy atom. The molecule has 1 aromatic carbocycles. The van der Waals surface area contributed by atoms with Gasteiger partial charge in [0.15, 0.2) is 10.8 Å². The molecule has 2 aromatic rings. The monoisotopic (exact) mass is 688 g/mol. The summed E-state index contributed by atoms with van der Waals surface area (Å²) in [7, 11) is 0. The number of halogens is 3. The van der Waals surface area contributed by atoms with Gasteiger partial charge in [0, 0.05) is 37.4 Å². The zero-order valence-corrected chi connectivity index (χ0v) is 29.5. The highest BCUT2D eigenvalue weighted by Crippen LogP contribution is 2.40. The summed E-state index contributed by atoms with van der Waals surface area (Å²) in [6.07, 6.45) is -3.17. The molecule has 0 aliphatic carbocycles. The number of ether oxygens (including phenoxy) is 2. The van der Waals surface area contributed by atoms with Crippen LogP contribution in [0.1, 0.15) is 72.2 Å². The molecule has 48 heavy (non-hydrogen) atoms. The fraction of sp³-hybridized carbons (Fsp3) is 0.559. The highest BCUT2D eigenvalue weighted by Gasteiger charge is 2.51. The Morgan fingerprint density at radius 3 is 2.38 bits per heavy atom. The van der Waals surface area contributed by atoms with E-state index in [1.54, 1.807) is 24.8 Å². The molecule has 0 atom stereocenters. The first kappa shape index (κ1) is 37.0. The van der Waals surface area contributed by atoms with Crippen LogP contribution < -0.4 is 14.5 Å². The number of carbonyl (C=O) groups is 2. The number of thiocarbonyl (C=S) groups is 1. The number of aromatic nitrogens is 1. The molecule has 0 radical (unpaired) electrons. The molecule has 2 aliphatic heterocycles. The Balaban J connectivity index is 1.45. The Morgan fingerprint density at radius 2 is 1.79 bits per heavy atom. The van der Waals surface area contributed by atoms with E-state index < -0.39 is 34.5 Å². The number of anilines is 2. The third-order valence-corrected chi connectivity index (χ3v) is 8.82. The zero-order chi connectivity index (χ0) is 35.8. The van der Waals surface area contributed by atoms with E-state index in [0.717, 1.165) is 42.4 Å². The van der Waals surface area contributed by atoms with Gasteiger partial charge in [-0.05, 0) is 96.9 Å². The van der Waals surface area contributed by atoms with Gasteiger partial charge in [0.25, 0.3) is 5.91 Å². The lowest BCUT2D eigenvalue weighted by Gasteiger charge is -2.46. The largest absolute Gasteiger partial charge is 0.492 e. The van der Waals surface area contributed by atoms with Gasteiger partial charge in [-0.25, -0.2) is 4.98 Å². The Labute approximate surface area is 285 Å². The van der Waals surface area contributed by atoms with Crippen molar-refractivity contribution in [2.75, 3.05) is 49.1 Å². The molecule has 3 heterocycles. The Bertz CT molecular complexity index is 1620. The highest BCUT2D eigenvalue weighted by atomic mass is 32.1. The molecular weight excluding hydrogens is 645 g/mol. The summed E-state index contributed by atoms with van der Waals surface area (Å²) in [5, 5.41) is 9.13. The third-order valence-electron chi connectivity index (χ3n) is 8.45. The normalized spacial score (nSPS) is 18.6. The van der Waals surface area contributed by atoms with Gasteiger partial charge in [-0.15, -0.1) is 0 Å². The number of alkyl halides is 3. The van der Waals surface area contributed by atoms with Crippen LogP contribution in [-0.4, -0.2) is 87.8 Å². The van der Waals surface area contributed by atoms with Crippen LogP contribution in [0.5, 0.6) is 5.75 Å². The lowest BCUT2D eigenvalue weighted by Crippen LogP contribution is -2.60. The molecular formula is C34H43F3N6O4S. The molecule has 2 aliphatic rings. The summed E-state index contributed by atoms with van der Waals surface area (Å²) in [5.74, 6) is -0.0826. The molecule has 260 valence electrons. The summed E-state index contributed by atoms with van der Waals surface area (Å²) in [6.45, 7) is 18.7. The van der Waals surface area contributed by atoms with E-state index in [1.165, 1.54) is 6.07 Å².